The van der Waals surface area contributed by atoms with Gasteiger partial charge in [-0.25, -0.2) is 0 Å². The molecule has 1 saturated carbocycles. The molecule has 1 fully saturated rings. The van der Waals surface area contributed by atoms with Gasteiger partial charge in [0.05, 0.1) is 0 Å². The number of benzene rings is 1. The van der Waals surface area contributed by atoms with E-state index >= 15 is 0 Å². The summed E-state index contributed by atoms with van der Waals surface area (Å²) in [5, 5.41) is 0. The number of hydrogen-bond donors (Lipinski definition) is 0. The molecule has 1 unspecified atom stereocenters. The Morgan fingerprint density at radius 1 is 1.27 bits per heavy atom. The van der Waals surface area contributed by atoms with Crippen LogP contribution in [0.5, 0.6) is 0 Å². The lowest BCUT2D eigenvalue weighted by Crippen LogP contribution is -2.25. The Balaban J connectivity index is 1.96. The monoisotopic (exact) mass is 286 g/mol. The summed E-state index contributed by atoms with van der Waals surface area (Å²) >= 11 is 9.50. The summed E-state index contributed by atoms with van der Waals surface area (Å²) < 4.78 is 1.15. The van der Waals surface area contributed by atoms with Gasteiger partial charge < -0.3 is 0 Å². The third-order valence-electron chi connectivity index (χ3n) is 3.43. The molecule has 1 aromatic carbocycles. The van der Waals surface area contributed by atoms with Crippen LogP contribution in [-0.4, -0.2) is 5.88 Å². The molecule has 0 aromatic heterocycles. The molecule has 0 amide bonds. The van der Waals surface area contributed by atoms with Crippen LogP contribution in [0.25, 0.3) is 0 Å². The van der Waals surface area contributed by atoms with Crippen LogP contribution in [0.15, 0.2) is 28.7 Å². The van der Waals surface area contributed by atoms with E-state index in [1.54, 1.807) is 0 Å². The first-order valence-corrected chi connectivity index (χ1v) is 6.93. The van der Waals surface area contributed by atoms with Crippen LogP contribution in [0, 0.1) is 11.8 Å². The van der Waals surface area contributed by atoms with Crippen molar-refractivity contribution < 1.29 is 0 Å². The van der Waals surface area contributed by atoms with Crippen LogP contribution in [0.4, 0.5) is 0 Å². The summed E-state index contributed by atoms with van der Waals surface area (Å²) in [7, 11) is 0. The fourth-order valence-corrected chi connectivity index (χ4v) is 2.81. The van der Waals surface area contributed by atoms with Crippen molar-refractivity contribution in [2.45, 2.75) is 25.7 Å². The van der Waals surface area contributed by atoms with Gasteiger partial charge in [0.15, 0.2) is 0 Å². The molecule has 15 heavy (non-hydrogen) atoms. The molecule has 1 aliphatic rings. The third-order valence-corrected chi connectivity index (χ3v) is 4.35. The Morgan fingerprint density at radius 3 is 2.40 bits per heavy atom. The van der Waals surface area contributed by atoms with Gasteiger partial charge in [-0.15, -0.1) is 11.6 Å². The van der Waals surface area contributed by atoms with Gasteiger partial charge in [0.25, 0.3) is 0 Å². The zero-order valence-corrected chi connectivity index (χ0v) is 11.1. The molecule has 2 heteroatoms. The molecular weight excluding hydrogens is 272 g/mol. The zero-order valence-electron chi connectivity index (χ0n) is 8.76. The smallest absolute Gasteiger partial charge is 0.0257 e. The second kappa shape index (κ2) is 5.36. The molecule has 0 nitrogen and oxygen atoms in total. The van der Waals surface area contributed by atoms with Crippen LogP contribution in [0.3, 0.4) is 0 Å². The van der Waals surface area contributed by atoms with Gasteiger partial charge in [-0.3, -0.25) is 0 Å². The average Bonchev–Trinajstić information content (AvgIpc) is 2.17. The Labute approximate surface area is 105 Å². The van der Waals surface area contributed by atoms with Crippen molar-refractivity contribution in [3.05, 3.63) is 34.3 Å². The van der Waals surface area contributed by atoms with Crippen molar-refractivity contribution in [3.63, 3.8) is 0 Å². The molecule has 1 atom stereocenters. The highest BCUT2D eigenvalue weighted by Crippen LogP contribution is 2.35. The van der Waals surface area contributed by atoms with E-state index in [4.69, 9.17) is 11.6 Å². The maximum Gasteiger partial charge on any atom is 0.0257 e. The fraction of sp³-hybridized carbons (Fsp3) is 0.538. The molecular formula is C13H16BrCl. The Kier molecular flexibility index (Phi) is 4.10. The molecule has 1 aliphatic carbocycles. The van der Waals surface area contributed by atoms with Crippen molar-refractivity contribution in [3.8, 4) is 0 Å². The zero-order chi connectivity index (χ0) is 10.7. The van der Waals surface area contributed by atoms with Gasteiger partial charge in [0, 0.05) is 10.4 Å². The van der Waals surface area contributed by atoms with Crippen LogP contribution in [-0.2, 0) is 6.42 Å². The lowest BCUT2D eigenvalue weighted by Gasteiger charge is -2.32. The first kappa shape index (κ1) is 11.5. The molecule has 0 aliphatic heterocycles. The Hall–Kier alpha value is -0.0100. The summed E-state index contributed by atoms with van der Waals surface area (Å²) in [6.07, 6.45) is 5.31. The standard InChI is InChI=1S/C13H16BrCl/c14-13-6-4-10(5-7-13)8-12(9-15)11-2-1-3-11/h4-7,11-12H,1-3,8-9H2. The van der Waals surface area contributed by atoms with E-state index in [1.165, 1.54) is 24.8 Å². The number of alkyl halides is 1. The highest BCUT2D eigenvalue weighted by atomic mass is 79.9. The van der Waals surface area contributed by atoms with Gasteiger partial charge >= 0.3 is 0 Å². The molecule has 82 valence electrons. The summed E-state index contributed by atoms with van der Waals surface area (Å²) in [5.41, 5.74) is 1.41. The summed E-state index contributed by atoms with van der Waals surface area (Å²) in [6, 6.07) is 8.62. The van der Waals surface area contributed by atoms with Gasteiger partial charge in [0.1, 0.15) is 0 Å². The van der Waals surface area contributed by atoms with Crippen molar-refractivity contribution in [1.29, 1.82) is 0 Å². The summed E-state index contributed by atoms with van der Waals surface area (Å²) in [4.78, 5) is 0. The number of hydrogen-bond acceptors (Lipinski definition) is 0. The molecule has 0 bridgehead atoms. The SMILES string of the molecule is ClCC(Cc1ccc(Br)cc1)C1CCC1. The first-order chi connectivity index (χ1) is 7.29. The molecule has 0 spiro atoms. The van der Waals surface area contributed by atoms with E-state index in [0.717, 1.165) is 22.7 Å². The lowest BCUT2D eigenvalue weighted by atomic mass is 9.74. The van der Waals surface area contributed by atoms with Crippen LogP contribution in [0.1, 0.15) is 24.8 Å². The van der Waals surface area contributed by atoms with Crippen molar-refractivity contribution in [2.75, 3.05) is 5.88 Å². The quantitative estimate of drug-likeness (QED) is 0.707. The predicted octanol–water partition coefficient (Wildman–Crippen LogP) is 4.65. The molecule has 0 N–H and O–H groups in total. The molecule has 0 heterocycles. The van der Waals surface area contributed by atoms with Crippen molar-refractivity contribution >= 4 is 27.5 Å². The Morgan fingerprint density at radius 2 is 1.93 bits per heavy atom. The van der Waals surface area contributed by atoms with Gasteiger partial charge in [-0.2, -0.15) is 0 Å². The number of rotatable bonds is 4. The highest BCUT2D eigenvalue weighted by Gasteiger charge is 2.26. The van der Waals surface area contributed by atoms with Crippen molar-refractivity contribution in [1.82, 2.24) is 0 Å². The van der Waals surface area contributed by atoms with E-state index in [2.05, 4.69) is 40.2 Å². The minimum atomic E-state index is 0.682. The largest absolute Gasteiger partial charge is 0.126 e. The van der Waals surface area contributed by atoms with E-state index in [-0.39, 0.29) is 0 Å². The number of halogens is 2. The van der Waals surface area contributed by atoms with E-state index in [0.29, 0.717) is 5.92 Å². The third kappa shape index (κ3) is 2.98. The molecule has 2 rings (SSSR count). The Bertz CT molecular complexity index is 303. The highest BCUT2D eigenvalue weighted by molar-refractivity contribution is 9.10. The normalized spacial score (nSPS) is 18.5. The van der Waals surface area contributed by atoms with E-state index < -0.39 is 0 Å². The first-order valence-electron chi connectivity index (χ1n) is 5.60. The predicted molar refractivity (Wildman–Crippen MR) is 69.4 cm³/mol. The van der Waals surface area contributed by atoms with Crippen molar-refractivity contribution in [2.24, 2.45) is 11.8 Å². The average molecular weight is 288 g/mol. The molecule has 0 saturated heterocycles. The fourth-order valence-electron chi connectivity index (χ4n) is 2.18. The second-order valence-electron chi connectivity index (χ2n) is 4.44. The maximum absolute atomic E-state index is 6.05. The summed E-state index contributed by atoms with van der Waals surface area (Å²) in [6.45, 7) is 0. The van der Waals surface area contributed by atoms with Crippen LogP contribution < -0.4 is 0 Å². The van der Waals surface area contributed by atoms with Gasteiger partial charge in [0.2, 0.25) is 0 Å². The van der Waals surface area contributed by atoms with Crippen LogP contribution >= 0.6 is 27.5 Å². The molecule has 1 aromatic rings. The van der Waals surface area contributed by atoms with Crippen LogP contribution in [0.2, 0.25) is 0 Å². The molecule has 0 radical (unpaired) electrons. The minimum Gasteiger partial charge on any atom is -0.126 e. The van der Waals surface area contributed by atoms with E-state index in [9.17, 15) is 0 Å². The minimum absolute atomic E-state index is 0.682. The maximum atomic E-state index is 6.05. The van der Waals surface area contributed by atoms with Gasteiger partial charge in [-0.05, 0) is 36.0 Å². The second-order valence-corrected chi connectivity index (χ2v) is 5.66. The lowest BCUT2D eigenvalue weighted by molar-refractivity contribution is 0.222. The topological polar surface area (TPSA) is 0 Å². The van der Waals surface area contributed by atoms with E-state index in [1.807, 2.05) is 0 Å². The van der Waals surface area contributed by atoms with Gasteiger partial charge in [-0.1, -0.05) is 47.3 Å². The summed E-state index contributed by atoms with van der Waals surface area (Å²) in [5.74, 6) is 2.37.